The van der Waals surface area contributed by atoms with E-state index in [9.17, 15) is 13.2 Å². The summed E-state index contributed by atoms with van der Waals surface area (Å²) in [7, 11) is -2.39. The molecule has 0 saturated heterocycles. The predicted molar refractivity (Wildman–Crippen MR) is 130 cm³/mol. The van der Waals surface area contributed by atoms with E-state index in [0.29, 0.717) is 10.8 Å². The van der Waals surface area contributed by atoms with Crippen LogP contribution in [0.15, 0.2) is 77.7 Å². The van der Waals surface area contributed by atoms with Gasteiger partial charge in [0.2, 0.25) is 15.9 Å². The highest BCUT2D eigenvalue weighted by Gasteiger charge is 2.28. The first kappa shape index (κ1) is 24.8. The van der Waals surface area contributed by atoms with E-state index in [4.69, 9.17) is 16.3 Å². The molecule has 3 rings (SSSR count). The normalized spacial score (nSPS) is 12.4. The number of carbonyl (C=O) groups is 1. The van der Waals surface area contributed by atoms with E-state index < -0.39 is 15.9 Å². The fourth-order valence-electron chi connectivity index (χ4n) is 3.51. The number of aryl methyl sites for hydroxylation is 1. The molecule has 174 valence electrons. The second-order valence-electron chi connectivity index (χ2n) is 7.68. The third-order valence-corrected chi connectivity index (χ3v) is 7.42. The molecule has 1 atom stereocenters. The van der Waals surface area contributed by atoms with Crippen LogP contribution in [0.4, 0.5) is 0 Å². The lowest BCUT2D eigenvalue weighted by Crippen LogP contribution is -2.41. The van der Waals surface area contributed by atoms with E-state index in [1.807, 2.05) is 62.4 Å². The molecule has 8 heteroatoms. The first-order valence-electron chi connectivity index (χ1n) is 10.4. The number of carbonyl (C=O) groups excluding carboxylic acids is 1. The molecule has 0 saturated carbocycles. The van der Waals surface area contributed by atoms with Crippen molar-refractivity contribution in [2.24, 2.45) is 0 Å². The SMILES string of the molecule is COc1ccccc1[C@@H](C)NC(=O)CN(Cc1ccccc1C)S(=O)(=O)c1ccc(Cl)cc1. The molecule has 0 aromatic heterocycles. The van der Waals surface area contributed by atoms with Crippen molar-refractivity contribution in [2.75, 3.05) is 13.7 Å². The molecule has 0 unspecified atom stereocenters. The van der Waals surface area contributed by atoms with Gasteiger partial charge in [0, 0.05) is 17.1 Å². The van der Waals surface area contributed by atoms with E-state index >= 15 is 0 Å². The maximum Gasteiger partial charge on any atom is 0.243 e. The van der Waals surface area contributed by atoms with Crippen LogP contribution in [-0.2, 0) is 21.4 Å². The minimum atomic E-state index is -3.95. The molecule has 0 aliphatic carbocycles. The molecule has 0 aliphatic heterocycles. The molecule has 0 radical (unpaired) electrons. The number of rotatable bonds is 9. The van der Waals surface area contributed by atoms with Gasteiger partial charge in [-0.3, -0.25) is 4.79 Å². The summed E-state index contributed by atoms with van der Waals surface area (Å²) in [6.45, 7) is 3.47. The Bertz CT molecular complexity index is 1210. The number of nitrogens with zero attached hydrogens (tertiary/aromatic N) is 1. The van der Waals surface area contributed by atoms with Crippen LogP contribution in [0.3, 0.4) is 0 Å². The van der Waals surface area contributed by atoms with E-state index in [-0.39, 0.29) is 24.0 Å². The van der Waals surface area contributed by atoms with Crippen molar-refractivity contribution in [1.29, 1.82) is 0 Å². The van der Waals surface area contributed by atoms with Gasteiger partial charge >= 0.3 is 0 Å². The Kier molecular flexibility index (Phi) is 8.13. The Labute approximate surface area is 200 Å². The minimum absolute atomic E-state index is 0.0636. The Balaban J connectivity index is 1.86. The number of sulfonamides is 1. The predicted octanol–water partition coefficient (Wildman–Crippen LogP) is 4.73. The Morgan fingerprint density at radius 3 is 2.33 bits per heavy atom. The Morgan fingerprint density at radius 2 is 1.67 bits per heavy atom. The summed E-state index contributed by atoms with van der Waals surface area (Å²) in [6.07, 6.45) is 0. The van der Waals surface area contributed by atoms with Crippen molar-refractivity contribution >= 4 is 27.5 Å². The fourth-order valence-corrected chi connectivity index (χ4v) is 5.01. The highest BCUT2D eigenvalue weighted by Crippen LogP contribution is 2.25. The molecule has 33 heavy (non-hydrogen) atoms. The zero-order chi connectivity index (χ0) is 24.0. The maximum absolute atomic E-state index is 13.4. The summed E-state index contributed by atoms with van der Waals surface area (Å²) in [5.41, 5.74) is 2.57. The quantitative estimate of drug-likeness (QED) is 0.474. The van der Waals surface area contributed by atoms with Gasteiger partial charge in [0.15, 0.2) is 0 Å². The summed E-state index contributed by atoms with van der Waals surface area (Å²) in [5, 5.41) is 3.32. The number of amides is 1. The third-order valence-electron chi connectivity index (χ3n) is 5.36. The standard InChI is InChI=1S/C25H27ClN2O4S/c1-18-8-4-5-9-20(18)16-28(33(30,31)22-14-12-21(26)13-15-22)17-25(29)27-19(2)23-10-6-7-11-24(23)32-3/h4-15,19H,16-17H2,1-3H3,(H,27,29)/t19-/m1/s1. The Morgan fingerprint density at radius 1 is 1.03 bits per heavy atom. The van der Waals surface area contributed by atoms with Crippen LogP contribution >= 0.6 is 11.6 Å². The monoisotopic (exact) mass is 486 g/mol. The highest BCUT2D eigenvalue weighted by molar-refractivity contribution is 7.89. The molecule has 1 N–H and O–H groups in total. The zero-order valence-corrected chi connectivity index (χ0v) is 20.4. The van der Waals surface area contributed by atoms with E-state index in [1.54, 1.807) is 7.11 Å². The van der Waals surface area contributed by atoms with Gasteiger partial charge < -0.3 is 10.1 Å². The Hall–Kier alpha value is -2.87. The van der Waals surface area contributed by atoms with Crippen molar-refractivity contribution in [3.05, 3.63) is 94.5 Å². The number of para-hydroxylation sites is 1. The average molecular weight is 487 g/mol. The second-order valence-corrected chi connectivity index (χ2v) is 10.1. The highest BCUT2D eigenvalue weighted by atomic mass is 35.5. The fraction of sp³-hybridized carbons (Fsp3) is 0.240. The number of nitrogens with one attached hydrogen (secondary N) is 1. The van der Waals surface area contributed by atoms with Crippen LogP contribution in [0.1, 0.15) is 29.7 Å². The van der Waals surface area contributed by atoms with Crippen LogP contribution in [0.25, 0.3) is 0 Å². The molecular formula is C25H27ClN2O4S. The smallest absolute Gasteiger partial charge is 0.243 e. The van der Waals surface area contributed by atoms with Crippen molar-refractivity contribution in [3.8, 4) is 5.75 Å². The van der Waals surface area contributed by atoms with Crippen LogP contribution < -0.4 is 10.1 Å². The average Bonchev–Trinajstić information content (AvgIpc) is 2.80. The number of methoxy groups -OCH3 is 1. The van der Waals surface area contributed by atoms with Gasteiger partial charge in [0.25, 0.3) is 0 Å². The molecule has 3 aromatic carbocycles. The lowest BCUT2D eigenvalue weighted by atomic mass is 10.1. The maximum atomic E-state index is 13.4. The minimum Gasteiger partial charge on any atom is -0.496 e. The topological polar surface area (TPSA) is 75.7 Å². The van der Waals surface area contributed by atoms with E-state index in [2.05, 4.69) is 5.32 Å². The summed E-state index contributed by atoms with van der Waals surface area (Å²) in [5.74, 6) is 0.232. The van der Waals surface area contributed by atoms with Crippen molar-refractivity contribution in [3.63, 3.8) is 0 Å². The summed E-state index contributed by atoms with van der Waals surface area (Å²) >= 11 is 5.93. The number of benzene rings is 3. The van der Waals surface area contributed by atoms with Gasteiger partial charge in [-0.1, -0.05) is 54.1 Å². The van der Waals surface area contributed by atoms with Gasteiger partial charge in [0.1, 0.15) is 5.75 Å². The number of hydrogen-bond acceptors (Lipinski definition) is 4. The molecule has 0 fully saturated rings. The zero-order valence-electron chi connectivity index (χ0n) is 18.8. The van der Waals surface area contributed by atoms with Crippen molar-refractivity contribution in [2.45, 2.75) is 31.3 Å². The number of halogens is 1. The first-order chi connectivity index (χ1) is 15.7. The van der Waals surface area contributed by atoms with Gasteiger partial charge in [-0.2, -0.15) is 4.31 Å². The van der Waals surface area contributed by atoms with Crippen molar-refractivity contribution < 1.29 is 17.9 Å². The second kappa shape index (κ2) is 10.8. The number of ether oxygens (including phenoxy) is 1. The molecule has 1 amide bonds. The lowest BCUT2D eigenvalue weighted by Gasteiger charge is -2.24. The van der Waals surface area contributed by atoms with E-state index in [0.717, 1.165) is 16.7 Å². The van der Waals surface area contributed by atoms with Gasteiger partial charge in [-0.15, -0.1) is 0 Å². The summed E-state index contributed by atoms with van der Waals surface area (Å²) in [4.78, 5) is 13.0. The van der Waals surface area contributed by atoms with Crippen LogP contribution in [0.2, 0.25) is 5.02 Å². The van der Waals surface area contributed by atoms with Crippen LogP contribution in [0, 0.1) is 6.92 Å². The largest absolute Gasteiger partial charge is 0.496 e. The molecule has 0 aliphatic rings. The van der Waals surface area contributed by atoms with E-state index in [1.165, 1.54) is 28.6 Å². The van der Waals surface area contributed by atoms with Crippen LogP contribution in [-0.4, -0.2) is 32.3 Å². The summed E-state index contributed by atoms with van der Waals surface area (Å²) < 4.78 is 33.4. The van der Waals surface area contributed by atoms with Crippen molar-refractivity contribution in [1.82, 2.24) is 9.62 Å². The molecule has 6 nitrogen and oxygen atoms in total. The van der Waals surface area contributed by atoms with Gasteiger partial charge in [0.05, 0.1) is 24.6 Å². The molecule has 3 aromatic rings. The first-order valence-corrected chi connectivity index (χ1v) is 12.3. The van der Waals surface area contributed by atoms with Crippen LogP contribution in [0.5, 0.6) is 5.75 Å². The lowest BCUT2D eigenvalue weighted by molar-refractivity contribution is -0.122. The molecule has 0 heterocycles. The summed E-state index contributed by atoms with van der Waals surface area (Å²) in [6, 6.07) is 20.4. The van der Waals surface area contributed by atoms with Gasteiger partial charge in [-0.05, 0) is 55.3 Å². The third kappa shape index (κ3) is 6.13. The molecule has 0 spiro atoms. The number of hydrogen-bond donors (Lipinski definition) is 1. The molecule has 0 bridgehead atoms. The van der Waals surface area contributed by atoms with Gasteiger partial charge in [-0.25, -0.2) is 8.42 Å². The molecular weight excluding hydrogens is 460 g/mol.